The van der Waals surface area contributed by atoms with Crippen LogP contribution in [0.15, 0.2) is 36.4 Å². The van der Waals surface area contributed by atoms with E-state index in [0.29, 0.717) is 25.0 Å². The maximum Gasteiger partial charge on any atom is 0.125 e. The average Bonchev–Trinajstić information content (AvgIpc) is 3.91. The fraction of sp³-hybridized carbons (Fsp3) is 0.579. The van der Waals surface area contributed by atoms with Crippen LogP contribution in [0.1, 0.15) is 111 Å². The van der Waals surface area contributed by atoms with Crippen molar-refractivity contribution in [2.24, 2.45) is 11.8 Å². The Morgan fingerprint density at radius 2 is 1.07 bits per heavy atom. The molecule has 0 N–H and O–H groups in total. The first-order chi connectivity index (χ1) is 20.3. The highest BCUT2D eigenvalue weighted by molar-refractivity contribution is 5.70. The van der Waals surface area contributed by atoms with Gasteiger partial charge in [0.1, 0.15) is 36.9 Å². The molecule has 0 saturated carbocycles. The molecule has 4 nitrogen and oxygen atoms in total. The topological polar surface area (TPSA) is 43.5 Å². The molecule has 2 fully saturated rings. The van der Waals surface area contributed by atoms with Crippen LogP contribution in [-0.2, 0) is 9.47 Å². The van der Waals surface area contributed by atoms with Gasteiger partial charge in [-0.2, -0.15) is 0 Å². The van der Waals surface area contributed by atoms with Crippen LogP contribution in [0.2, 0.25) is 0 Å². The zero-order valence-corrected chi connectivity index (χ0v) is 26.6. The van der Waals surface area contributed by atoms with E-state index in [0.717, 1.165) is 36.5 Å². The summed E-state index contributed by atoms with van der Waals surface area (Å²) in [7, 11) is 0. The highest BCUT2D eigenvalue weighted by Crippen LogP contribution is 2.44. The quantitative estimate of drug-likeness (QED) is 0.253. The summed E-state index contributed by atoms with van der Waals surface area (Å²) < 4.78 is 23.2. The summed E-state index contributed by atoms with van der Waals surface area (Å²) in [5, 5.41) is 0. The molecule has 42 heavy (non-hydrogen) atoms. The van der Waals surface area contributed by atoms with Gasteiger partial charge >= 0.3 is 0 Å². The van der Waals surface area contributed by atoms with Crippen LogP contribution in [0.25, 0.3) is 11.1 Å². The first-order valence-corrected chi connectivity index (χ1v) is 16.4. The van der Waals surface area contributed by atoms with E-state index in [1.807, 2.05) is 0 Å². The zero-order valence-electron chi connectivity index (χ0n) is 26.6. The SMILES string of the molecule is Cc1cc(C2=CCC(C3CC=C(c4cc(C)c(OCC5CO5)c(C(C)C)c4)CC3)CC2)cc(C(C)C)c1OCC1CO1. The first-order valence-electron chi connectivity index (χ1n) is 16.4. The molecular weight excluding hydrogens is 520 g/mol. The normalized spacial score (nSPS) is 25.3. The van der Waals surface area contributed by atoms with Crippen molar-refractivity contribution in [1.29, 1.82) is 0 Å². The molecule has 2 aliphatic heterocycles. The Balaban J connectivity index is 1.11. The van der Waals surface area contributed by atoms with Gasteiger partial charge in [0.05, 0.1) is 13.2 Å². The minimum atomic E-state index is 0.280. The maximum absolute atomic E-state index is 6.22. The molecule has 0 radical (unpaired) electrons. The van der Waals surface area contributed by atoms with E-state index in [-0.39, 0.29) is 12.2 Å². The number of aryl methyl sites for hydroxylation is 2. The summed E-state index contributed by atoms with van der Waals surface area (Å²) in [4.78, 5) is 0. The Morgan fingerprint density at radius 1 is 0.667 bits per heavy atom. The number of allylic oxidation sites excluding steroid dienone is 4. The lowest BCUT2D eigenvalue weighted by Crippen LogP contribution is -2.19. The number of benzene rings is 2. The van der Waals surface area contributed by atoms with E-state index in [9.17, 15) is 0 Å². The molecule has 0 spiro atoms. The van der Waals surface area contributed by atoms with Crippen molar-refractivity contribution in [2.45, 2.75) is 104 Å². The van der Waals surface area contributed by atoms with Gasteiger partial charge in [0, 0.05) is 0 Å². The van der Waals surface area contributed by atoms with E-state index in [2.05, 4.69) is 78.0 Å². The van der Waals surface area contributed by atoms with Gasteiger partial charge < -0.3 is 18.9 Å². The van der Waals surface area contributed by atoms with Crippen LogP contribution in [0.3, 0.4) is 0 Å². The van der Waals surface area contributed by atoms with Crippen molar-refractivity contribution in [3.05, 3.63) is 69.8 Å². The second kappa shape index (κ2) is 12.6. The minimum absolute atomic E-state index is 0.280. The molecule has 2 aromatic rings. The van der Waals surface area contributed by atoms with Gasteiger partial charge in [-0.25, -0.2) is 0 Å². The fourth-order valence-electron chi connectivity index (χ4n) is 7.00. The van der Waals surface area contributed by atoms with Crippen LogP contribution < -0.4 is 9.47 Å². The molecule has 2 aromatic carbocycles. The third kappa shape index (κ3) is 6.81. The Hall–Kier alpha value is -2.56. The maximum atomic E-state index is 6.22. The number of ether oxygens (including phenoxy) is 4. The number of hydrogen-bond acceptors (Lipinski definition) is 4. The van der Waals surface area contributed by atoms with Crippen LogP contribution in [0.5, 0.6) is 11.5 Å². The molecule has 2 saturated heterocycles. The Bertz CT molecular complexity index is 1240. The van der Waals surface area contributed by atoms with Crippen molar-refractivity contribution in [2.75, 3.05) is 26.4 Å². The number of epoxide rings is 2. The molecule has 4 heteroatoms. The van der Waals surface area contributed by atoms with E-state index in [1.54, 1.807) is 0 Å². The molecule has 226 valence electrons. The van der Waals surface area contributed by atoms with Gasteiger partial charge in [0.15, 0.2) is 0 Å². The summed E-state index contributed by atoms with van der Waals surface area (Å²) >= 11 is 0. The Morgan fingerprint density at radius 3 is 1.38 bits per heavy atom. The molecule has 2 heterocycles. The van der Waals surface area contributed by atoms with Gasteiger partial charge in [-0.1, -0.05) is 39.8 Å². The third-order valence-corrected chi connectivity index (χ3v) is 9.79. The fourth-order valence-corrected chi connectivity index (χ4v) is 7.00. The molecule has 4 aliphatic rings. The van der Waals surface area contributed by atoms with Gasteiger partial charge in [-0.15, -0.1) is 0 Å². The lowest BCUT2D eigenvalue weighted by Gasteiger charge is -2.33. The van der Waals surface area contributed by atoms with Crippen molar-refractivity contribution >= 4 is 11.1 Å². The van der Waals surface area contributed by atoms with Crippen LogP contribution >= 0.6 is 0 Å². The second-order valence-electron chi connectivity index (χ2n) is 13.8. The van der Waals surface area contributed by atoms with E-state index >= 15 is 0 Å². The summed E-state index contributed by atoms with van der Waals surface area (Å²) in [6.07, 6.45) is 13.0. The molecule has 0 bridgehead atoms. The number of rotatable bonds is 11. The minimum Gasteiger partial charge on any atom is -0.490 e. The lowest BCUT2D eigenvalue weighted by atomic mass is 9.73. The second-order valence-corrected chi connectivity index (χ2v) is 13.8. The molecule has 0 aromatic heterocycles. The number of hydrogen-bond donors (Lipinski definition) is 0. The summed E-state index contributed by atoms with van der Waals surface area (Å²) in [6, 6.07) is 9.48. The molecule has 0 amide bonds. The summed E-state index contributed by atoms with van der Waals surface area (Å²) in [6.45, 7) is 16.5. The lowest BCUT2D eigenvalue weighted by molar-refractivity contribution is 0.259. The first kappa shape index (κ1) is 29.5. The Kier molecular flexibility index (Phi) is 8.84. The van der Waals surface area contributed by atoms with Crippen molar-refractivity contribution < 1.29 is 18.9 Å². The Labute approximate surface area is 253 Å². The van der Waals surface area contributed by atoms with E-state index in [1.165, 1.54) is 83.1 Å². The average molecular weight is 571 g/mol. The molecular formula is C38H50O4. The molecule has 4 atom stereocenters. The van der Waals surface area contributed by atoms with Gasteiger partial charge in [-0.05, 0) is 145 Å². The van der Waals surface area contributed by atoms with E-state index in [4.69, 9.17) is 18.9 Å². The summed E-state index contributed by atoms with van der Waals surface area (Å²) in [5.41, 5.74) is 11.0. The molecule has 6 rings (SSSR count). The van der Waals surface area contributed by atoms with Crippen LogP contribution in [-0.4, -0.2) is 38.6 Å². The van der Waals surface area contributed by atoms with Crippen molar-refractivity contribution in [3.63, 3.8) is 0 Å². The smallest absolute Gasteiger partial charge is 0.125 e. The summed E-state index contributed by atoms with van der Waals surface area (Å²) in [5.74, 6) is 4.56. The van der Waals surface area contributed by atoms with Crippen molar-refractivity contribution in [1.82, 2.24) is 0 Å². The molecule has 4 unspecified atom stereocenters. The predicted molar refractivity (Wildman–Crippen MR) is 172 cm³/mol. The standard InChI is InChI=1S/C38H50O4/c1-23(2)35-17-31(15-25(5)37(35)41-21-33-19-39-33)29-11-7-27(8-12-29)28-9-13-30(14-10-28)32-16-26(6)38(36(18-32)24(3)4)42-22-34-20-40-34/h11,13,15-18,23-24,27-28,33-34H,7-10,12,14,19-22H2,1-6H3. The van der Waals surface area contributed by atoms with Gasteiger partial charge in [0.25, 0.3) is 0 Å². The monoisotopic (exact) mass is 570 g/mol. The van der Waals surface area contributed by atoms with Gasteiger partial charge in [-0.3, -0.25) is 0 Å². The molecule has 2 aliphatic carbocycles. The predicted octanol–water partition coefficient (Wildman–Crippen LogP) is 9.17. The third-order valence-electron chi connectivity index (χ3n) is 9.79. The zero-order chi connectivity index (χ0) is 29.4. The highest BCUT2D eigenvalue weighted by Gasteiger charge is 2.29. The van der Waals surface area contributed by atoms with Crippen LogP contribution in [0.4, 0.5) is 0 Å². The largest absolute Gasteiger partial charge is 0.490 e. The van der Waals surface area contributed by atoms with Gasteiger partial charge in [0.2, 0.25) is 0 Å². The highest BCUT2D eigenvalue weighted by atomic mass is 16.6. The van der Waals surface area contributed by atoms with Crippen LogP contribution in [0, 0.1) is 25.7 Å². The van der Waals surface area contributed by atoms with Crippen molar-refractivity contribution in [3.8, 4) is 11.5 Å². The van der Waals surface area contributed by atoms with E-state index < -0.39 is 0 Å².